The molecule has 1 aliphatic rings. The van der Waals surface area contributed by atoms with Gasteiger partial charge in [0.05, 0.1) is 25.5 Å². The first-order valence-electron chi connectivity index (χ1n) is 9.79. The molecule has 0 radical (unpaired) electrons. The Morgan fingerprint density at radius 3 is 2.83 bits per heavy atom. The lowest BCUT2D eigenvalue weighted by Gasteiger charge is -2.33. The predicted octanol–water partition coefficient (Wildman–Crippen LogP) is 2.34. The van der Waals surface area contributed by atoms with Gasteiger partial charge in [-0.1, -0.05) is 26.0 Å². The molecule has 1 atom stereocenters. The number of morpholine rings is 1. The van der Waals surface area contributed by atoms with Gasteiger partial charge in [-0.25, -0.2) is 9.50 Å². The van der Waals surface area contributed by atoms with Crippen molar-refractivity contribution in [3.63, 3.8) is 0 Å². The van der Waals surface area contributed by atoms with Gasteiger partial charge < -0.3 is 14.4 Å². The van der Waals surface area contributed by atoms with Crippen LogP contribution < -0.4 is 4.74 Å². The standard InChI is InChI=1S/C21H25N5O3/c1-14(2)19-11-18(24-21-22-13-23-26(19)21)20(27)25-8-9-29-17(12-25)10-15-4-6-16(28-3)7-5-15/h4-7,11,13-14,17H,8-10,12H2,1-3H3. The van der Waals surface area contributed by atoms with Gasteiger partial charge in [0.1, 0.15) is 17.8 Å². The van der Waals surface area contributed by atoms with Gasteiger partial charge in [0.2, 0.25) is 0 Å². The number of rotatable bonds is 5. The fourth-order valence-electron chi connectivity index (χ4n) is 3.57. The number of benzene rings is 1. The monoisotopic (exact) mass is 395 g/mol. The van der Waals surface area contributed by atoms with Gasteiger partial charge in [-0.3, -0.25) is 4.79 Å². The van der Waals surface area contributed by atoms with Gasteiger partial charge in [0, 0.05) is 19.5 Å². The van der Waals surface area contributed by atoms with Crippen molar-refractivity contribution in [2.24, 2.45) is 0 Å². The molecule has 3 aromatic rings. The Morgan fingerprint density at radius 1 is 1.31 bits per heavy atom. The zero-order valence-electron chi connectivity index (χ0n) is 16.9. The van der Waals surface area contributed by atoms with E-state index in [1.807, 2.05) is 35.2 Å². The summed E-state index contributed by atoms with van der Waals surface area (Å²) in [5.41, 5.74) is 2.47. The van der Waals surface area contributed by atoms with Crippen LogP contribution in [-0.4, -0.2) is 63.3 Å². The number of aromatic nitrogens is 4. The van der Waals surface area contributed by atoms with E-state index in [2.05, 4.69) is 28.9 Å². The summed E-state index contributed by atoms with van der Waals surface area (Å²) in [5.74, 6) is 1.37. The van der Waals surface area contributed by atoms with E-state index >= 15 is 0 Å². The van der Waals surface area contributed by atoms with E-state index in [-0.39, 0.29) is 17.9 Å². The Labute approximate surface area is 169 Å². The smallest absolute Gasteiger partial charge is 0.272 e. The molecule has 3 heterocycles. The molecule has 4 rings (SSSR count). The van der Waals surface area contributed by atoms with Crippen molar-refractivity contribution in [3.8, 4) is 5.75 Å². The van der Waals surface area contributed by atoms with Crippen LogP contribution in [0.5, 0.6) is 5.75 Å². The van der Waals surface area contributed by atoms with Gasteiger partial charge in [0.25, 0.3) is 11.7 Å². The van der Waals surface area contributed by atoms with Crippen molar-refractivity contribution in [2.75, 3.05) is 26.8 Å². The minimum absolute atomic E-state index is 0.0533. The number of carbonyl (C=O) groups is 1. The molecule has 1 fully saturated rings. The third kappa shape index (κ3) is 4.07. The summed E-state index contributed by atoms with van der Waals surface area (Å²) in [6, 6.07) is 9.75. The summed E-state index contributed by atoms with van der Waals surface area (Å²) < 4.78 is 12.8. The summed E-state index contributed by atoms with van der Waals surface area (Å²) in [4.78, 5) is 23.6. The maximum absolute atomic E-state index is 13.2. The number of fused-ring (bicyclic) bond motifs is 1. The van der Waals surface area contributed by atoms with Crippen molar-refractivity contribution in [1.82, 2.24) is 24.5 Å². The number of nitrogens with zero attached hydrogens (tertiary/aromatic N) is 5. The lowest BCUT2D eigenvalue weighted by atomic mass is 10.1. The molecule has 0 N–H and O–H groups in total. The van der Waals surface area contributed by atoms with Crippen LogP contribution in [0.15, 0.2) is 36.7 Å². The van der Waals surface area contributed by atoms with Crippen LogP contribution in [0.1, 0.15) is 41.5 Å². The second-order valence-electron chi connectivity index (χ2n) is 7.49. The van der Waals surface area contributed by atoms with E-state index < -0.39 is 0 Å². The maximum Gasteiger partial charge on any atom is 0.272 e. The highest BCUT2D eigenvalue weighted by atomic mass is 16.5. The van der Waals surface area contributed by atoms with E-state index in [4.69, 9.17) is 9.47 Å². The van der Waals surface area contributed by atoms with E-state index in [0.29, 0.717) is 31.2 Å². The fraction of sp³-hybridized carbons (Fsp3) is 0.429. The highest BCUT2D eigenvalue weighted by Crippen LogP contribution is 2.19. The Kier molecular flexibility index (Phi) is 5.44. The van der Waals surface area contributed by atoms with E-state index in [1.165, 1.54) is 6.33 Å². The van der Waals surface area contributed by atoms with Gasteiger partial charge in [-0.05, 0) is 29.7 Å². The second-order valence-corrected chi connectivity index (χ2v) is 7.49. The zero-order valence-corrected chi connectivity index (χ0v) is 16.9. The van der Waals surface area contributed by atoms with E-state index in [0.717, 1.165) is 23.4 Å². The molecule has 1 aromatic carbocycles. The summed E-state index contributed by atoms with van der Waals surface area (Å²) in [6.07, 6.45) is 2.14. The molecule has 29 heavy (non-hydrogen) atoms. The molecule has 8 heteroatoms. The molecule has 0 saturated carbocycles. The molecule has 8 nitrogen and oxygen atoms in total. The summed E-state index contributed by atoms with van der Waals surface area (Å²) in [5, 5.41) is 4.21. The first-order chi connectivity index (χ1) is 14.0. The molecule has 1 saturated heterocycles. The summed E-state index contributed by atoms with van der Waals surface area (Å²) >= 11 is 0. The van der Waals surface area contributed by atoms with Crippen LogP contribution in [0.3, 0.4) is 0 Å². The quantitative estimate of drug-likeness (QED) is 0.660. The lowest BCUT2D eigenvalue weighted by Crippen LogP contribution is -2.46. The number of hydrogen-bond acceptors (Lipinski definition) is 6. The van der Waals surface area contributed by atoms with Crippen molar-refractivity contribution < 1.29 is 14.3 Å². The summed E-state index contributed by atoms with van der Waals surface area (Å²) in [6.45, 7) is 5.71. The van der Waals surface area contributed by atoms with Crippen LogP contribution in [0.25, 0.3) is 5.78 Å². The van der Waals surface area contributed by atoms with E-state index in [1.54, 1.807) is 11.6 Å². The zero-order chi connectivity index (χ0) is 20.4. The van der Waals surface area contributed by atoms with E-state index in [9.17, 15) is 4.79 Å². The molecule has 0 aliphatic carbocycles. The average Bonchev–Trinajstić information content (AvgIpc) is 3.22. The van der Waals surface area contributed by atoms with Crippen LogP contribution in [0.4, 0.5) is 0 Å². The largest absolute Gasteiger partial charge is 0.497 e. The third-order valence-corrected chi connectivity index (χ3v) is 5.14. The fourth-order valence-corrected chi connectivity index (χ4v) is 3.57. The Morgan fingerprint density at radius 2 is 2.10 bits per heavy atom. The van der Waals surface area contributed by atoms with Crippen molar-refractivity contribution in [1.29, 1.82) is 0 Å². The second kappa shape index (κ2) is 8.16. The molecule has 1 amide bonds. The van der Waals surface area contributed by atoms with Crippen LogP contribution in [0, 0.1) is 0 Å². The number of methoxy groups -OCH3 is 1. The molecule has 1 unspecified atom stereocenters. The molecule has 1 aliphatic heterocycles. The molecular weight excluding hydrogens is 370 g/mol. The predicted molar refractivity (Wildman–Crippen MR) is 107 cm³/mol. The van der Waals surface area contributed by atoms with Gasteiger partial charge >= 0.3 is 0 Å². The topological polar surface area (TPSA) is 81.9 Å². The third-order valence-electron chi connectivity index (χ3n) is 5.14. The number of amides is 1. The van der Waals surface area contributed by atoms with Crippen LogP contribution in [-0.2, 0) is 11.2 Å². The van der Waals surface area contributed by atoms with Crippen molar-refractivity contribution in [3.05, 3.63) is 53.6 Å². The number of ether oxygens (including phenoxy) is 2. The minimum Gasteiger partial charge on any atom is -0.497 e. The number of carbonyl (C=O) groups excluding carboxylic acids is 1. The first kappa shape index (κ1) is 19.3. The minimum atomic E-state index is -0.0968. The Bertz CT molecular complexity index is 999. The molecule has 152 valence electrons. The maximum atomic E-state index is 13.2. The highest BCUT2D eigenvalue weighted by molar-refractivity contribution is 5.93. The van der Waals surface area contributed by atoms with Gasteiger partial charge in [-0.2, -0.15) is 10.1 Å². The molecule has 0 bridgehead atoms. The van der Waals surface area contributed by atoms with Gasteiger partial charge in [-0.15, -0.1) is 0 Å². The Hall–Kier alpha value is -3.00. The molecule has 0 spiro atoms. The normalized spacial score (nSPS) is 17.1. The molecule has 2 aromatic heterocycles. The molecular formula is C21H25N5O3. The Balaban J connectivity index is 1.50. The van der Waals surface area contributed by atoms with Crippen molar-refractivity contribution >= 4 is 11.7 Å². The SMILES string of the molecule is COc1ccc(CC2CN(C(=O)c3cc(C(C)C)n4ncnc4n3)CCO2)cc1. The van der Waals surface area contributed by atoms with Crippen LogP contribution >= 0.6 is 0 Å². The summed E-state index contributed by atoms with van der Waals surface area (Å²) in [7, 11) is 1.65. The lowest BCUT2D eigenvalue weighted by molar-refractivity contribution is -0.0210. The average molecular weight is 395 g/mol. The highest BCUT2D eigenvalue weighted by Gasteiger charge is 2.27. The van der Waals surface area contributed by atoms with Crippen LogP contribution in [0.2, 0.25) is 0 Å². The van der Waals surface area contributed by atoms with Gasteiger partial charge in [0.15, 0.2) is 0 Å². The number of hydrogen-bond donors (Lipinski definition) is 0. The van der Waals surface area contributed by atoms with Crippen molar-refractivity contribution in [2.45, 2.75) is 32.3 Å². The first-order valence-corrected chi connectivity index (χ1v) is 9.79.